The highest BCUT2D eigenvalue weighted by Gasteiger charge is 2.18. The van der Waals surface area contributed by atoms with Crippen molar-refractivity contribution in [1.29, 1.82) is 0 Å². The van der Waals surface area contributed by atoms with Gasteiger partial charge in [0.25, 0.3) is 0 Å². The molecule has 0 unspecified atom stereocenters. The number of rotatable bonds is 2. The summed E-state index contributed by atoms with van der Waals surface area (Å²) in [5.74, 6) is 0. The number of hydrogen-bond donors (Lipinski definition) is 1. The average molecular weight is 257 g/mol. The summed E-state index contributed by atoms with van der Waals surface area (Å²) >= 11 is 8.05. The third-order valence-electron chi connectivity index (χ3n) is 2.92. The molecule has 1 aromatic carbocycles. The molecule has 0 bridgehead atoms. The average Bonchev–Trinajstić information content (AvgIpc) is 2.25. The van der Waals surface area contributed by atoms with Crippen molar-refractivity contribution in [3.63, 3.8) is 0 Å². The van der Waals surface area contributed by atoms with Crippen LogP contribution in [0.3, 0.4) is 0 Å². The van der Waals surface area contributed by atoms with E-state index in [1.165, 1.54) is 25.9 Å². The first kappa shape index (κ1) is 12.1. The zero-order valence-corrected chi connectivity index (χ0v) is 11.0. The normalized spacial score (nSPS) is 18.9. The number of nitrogens with two attached hydrogens (primary N) is 1. The summed E-state index contributed by atoms with van der Waals surface area (Å²) in [5.41, 5.74) is 6.41. The molecule has 1 aliphatic rings. The van der Waals surface area contributed by atoms with Crippen molar-refractivity contribution in [3.8, 4) is 0 Å². The molecule has 0 aliphatic carbocycles. The first-order chi connectivity index (χ1) is 7.65. The standard InChI is InChI=1S/C12H17ClN2S/c1-15-6-4-10(5-7-15)16-12-3-2-9(14)8-11(12)13/h2-3,8,10H,4-7,14H2,1H3. The molecule has 1 fully saturated rings. The number of likely N-dealkylation sites (tertiary alicyclic amines) is 1. The van der Waals surface area contributed by atoms with E-state index in [1.807, 2.05) is 30.0 Å². The van der Waals surface area contributed by atoms with Crippen LogP contribution < -0.4 is 5.73 Å². The van der Waals surface area contributed by atoms with Gasteiger partial charge in [-0.1, -0.05) is 11.6 Å². The second-order valence-electron chi connectivity index (χ2n) is 4.31. The summed E-state index contributed by atoms with van der Waals surface area (Å²) in [5, 5.41) is 1.47. The molecule has 1 saturated heterocycles. The van der Waals surface area contributed by atoms with E-state index >= 15 is 0 Å². The molecular weight excluding hydrogens is 240 g/mol. The van der Waals surface area contributed by atoms with Crippen molar-refractivity contribution in [3.05, 3.63) is 23.2 Å². The van der Waals surface area contributed by atoms with Crippen LogP contribution in [0.5, 0.6) is 0 Å². The number of halogens is 1. The number of nitrogen functional groups attached to an aromatic ring is 1. The molecular formula is C12H17ClN2S. The second kappa shape index (κ2) is 5.30. The van der Waals surface area contributed by atoms with Gasteiger partial charge in [0.2, 0.25) is 0 Å². The number of benzene rings is 1. The topological polar surface area (TPSA) is 29.3 Å². The minimum absolute atomic E-state index is 0.692. The summed E-state index contributed by atoms with van der Waals surface area (Å²) in [7, 11) is 2.18. The lowest BCUT2D eigenvalue weighted by atomic mass is 10.1. The zero-order chi connectivity index (χ0) is 11.5. The first-order valence-electron chi connectivity index (χ1n) is 5.55. The molecule has 4 heteroatoms. The van der Waals surface area contributed by atoms with Crippen molar-refractivity contribution in [2.45, 2.75) is 23.0 Å². The molecule has 88 valence electrons. The largest absolute Gasteiger partial charge is 0.399 e. The maximum Gasteiger partial charge on any atom is 0.0562 e. The molecule has 2 nitrogen and oxygen atoms in total. The summed E-state index contributed by atoms with van der Waals surface area (Å²) in [6, 6.07) is 5.78. The molecule has 0 atom stereocenters. The summed E-state index contributed by atoms with van der Waals surface area (Å²) < 4.78 is 0. The van der Waals surface area contributed by atoms with Gasteiger partial charge in [0.05, 0.1) is 5.02 Å². The lowest BCUT2D eigenvalue weighted by Crippen LogP contribution is -2.31. The Morgan fingerprint density at radius 1 is 1.38 bits per heavy atom. The van der Waals surface area contributed by atoms with Gasteiger partial charge in [-0.2, -0.15) is 0 Å². The van der Waals surface area contributed by atoms with Gasteiger partial charge in [0.1, 0.15) is 0 Å². The molecule has 2 rings (SSSR count). The van der Waals surface area contributed by atoms with E-state index in [0.29, 0.717) is 5.25 Å². The summed E-state index contributed by atoms with van der Waals surface area (Å²) in [6.45, 7) is 2.37. The fraction of sp³-hybridized carbons (Fsp3) is 0.500. The van der Waals surface area contributed by atoms with Crippen LogP contribution in [0.15, 0.2) is 23.1 Å². The Morgan fingerprint density at radius 2 is 2.06 bits per heavy atom. The highest BCUT2D eigenvalue weighted by molar-refractivity contribution is 8.00. The fourth-order valence-electron chi connectivity index (χ4n) is 1.89. The smallest absolute Gasteiger partial charge is 0.0562 e. The Kier molecular flexibility index (Phi) is 4.00. The minimum Gasteiger partial charge on any atom is -0.399 e. The van der Waals surface area contributed by atoms with Gasteiger partial charge in [0.15, 0.2) is 0 Å². The Labute approximate surface area is 106 Å². The van der Waals surface area contributed by atoms with Crippen LogP contribution in [0.25, 0.3) is 0 Å². The second-order valence-corrected chi connectivity index (χ2v) is 6.06. The van der Waals surface area contributed by atoms with Gasteiger partial charge in [-0.25, -0.2) is 0 Å². The van der Waals surface area contributed by atoms with Crippen molar-refractivity contribution in [2.24, 2.45) is 0 Å². The lowest BCUT2D eigenvalue weighted by molar-refractivity contribution is 0.282. The summed E-state index contributed by atoms with van der Waals surface area (Å²) in [6.07, 6.45) is 2.48. The number of anilines is 1. The molecule has 0 spiro atoms. The van der Waals surface area contributed by atoms with Crippen LogP contribution in [0.1, 0.15) is 12.8 Å². The molecule has 2 N–H and O–H groups in total. The van der Waals surface area contributed by atoms with Crippen LogP contribution >= 0.6 is 23.4 Å². The molecule has 16 heavy (non-hydrogen) atoms. The van der Waals surface area contributed by atoms with Gasteiger partial charge in [-0.3, -0.25) is 0 Å². The van der Waals surface area contributed by atoms with Crippen LogP contribution in [0.4, 0.5) is 5.69 Å². The van der Waals surface area contributed by atoms with E-state index in [1.54, 1.807) is 0 Å². The van der Waals surface area contributed by atoms with Crippen LogP contribution in [-0.2, 0) is 0 Å². The van der Waals surface area contributed by atoms with Crippen LogP contribution in [0, 0.1) is 0 Å². The van der Waals surface area contributed by atoms with Gasteiger partial charge in [0, 0.05) is 15.8 Å². The maximum absolute atomic E-state index is 6.17. The minimum atomic E-state index is 0.692. The van der Waals surface area contributed by atoms with Crippen molar-refractivity contribution < 1.29 is 0 Å². The Morgan fingerprint density at radius 3 is 2.69 bits per heavy atom. The Hall–Kier alpha value is -0.380. The summed E-state index contributed by atoms with van der Waals surface area (Å²) in [4.78, 5) is 3.53. The van der Waals surface area contributed by atoms with E-state index in [0.717, 1.165) is 15.6 Å². The van der Waals surface area contributed by atoms with Crippen molar-refractivity contribution in [2.75, 3.05) is 25.9 Å². The van der Waals surface area contributed by atoms with E-state index < -0.39 is 0 Å². The predicted molar refractivity (Wildman–Crippen MR) is 72.2 cm³/mol. The molecule has 1 aliphatic heterocycles. The molecule has 0 radical (unpaired) electrons. The molecule has 0 amide bonds. The fourth-order valence-corrected chi connectivity index (χ4v) is 3.34. The van der Waals surface area contributed by atoms with Gasteiger partial charge in [-0.15, -0.1) is 11.8 Å². The highest BCUT2D eigenvalue weighted by Crippen LogP contribution is 2.35. The third kappa shape index (κ3) is 3.06. The lowest BCUT2D eigenvalue weighted by Gasteiger charge is -2.28. The first-order valence-corrected chi connectivity index (χ1v) is 6.81. The number of thioether (sulfide) groups is 1. The van der Waals surface area contributed by atoms with Crippen molar-refractivity contribution in [1.82, 2.24) is 4.90 Å². The number of hydrogen-bond acceptors (Lipinski definition) is 3. The van der Waals surface area contributed by atoms with Crippen LogP contribution in [-0.4, -0.2) is 30.3 Å². The van der Waals surface area contributed by atoms with E-state index in [-0.39, 0.29) is 0 Å². The maximum atomic E-state index is 6.17. The predicted octanol–water partition coefficient (Wildman–Crippen LogP) is 3.11. The molecule has 1 heterocycles. The molecule has 0 aromatic heterocycles. The van der Waals surface area contributed by atoms with Gasteiger partial charge in [-0.05, 0) is 51.2 Å². The van der Waals surface area contributed by atoms with E-state index in [2.05, 4.69) is 11.9 Å². The van der Waals surface area contributed by atoms with Gasteiger partial charge < -0.3 is 10.6 Å². The Balaban J connectivity index is 1.98. The highest BCUT2D eigenvalue weighted by atomic mass is 35.5. The number of piperidine rings is 1. The van der Waals surface area contributed by atoms with E-state index in [4.69, 9.17) is 17.3 Å². The van der Waals surface area contributed by atoms with Crippen LogP contribution in [0.2, 0.25) is 5.02 Å². The van der Waals surface area contributed by atoms with E-state index in [9.17, 15) is 0 Å². The molecule has 0 saturated carbocycles. The van der Waals surface area contributed by atoms with Gasteiger partial charge >= 0.3 is 0 Å². The Bertz CT molecular complexity index is 362. The van der Waals surface area contributed by atoms with Crippen molar-refractivity contribution >= 4 is 29.1 Å². The number of nitrogens with zero attached hydrogens (tertiary/aromatic N) is 1. The monoisotopic (exact) mass is 256 g/mol. The SMILES string of the molecule is CN1CCC(Sc2ccc(N)cc2Cl)CC1. The zero-order valence-electron chi connectivity index (χ0n) is 9.45. The molecule has 1 aromatic rings. The quantitative estimate of drug-likeness (QED) is 0.825. The third-order valence-corrected chi connectivity index (χ3v) is 4.75.